The van der Waals surface area contributed by atoms with Crippen molar-refractivity contribution in [3.05, 3.63) is 89.6 Å². The Balaban J connectivity index is 1.48. The molecular formula is C27H24N4O4. The van der Waals surface area contributed by atoms with Crippen molar-refractivity contribution in [2.45, 2.75) is 18.8 Å². The van der Waals surface area contributed by atoms with Crippen molar-refractivity contribution in [3.8, 4) is 28.1 Å². The van der Waals surface area contributed by atoms with Gasteiger partial charge in [-0.05, 0) is 78.9 Å². The molecule has 4 aromatic rings. The first-order valence-corrected chi connectivity index (χ1v) is 11.4. The molecule has 1 aromatic heterocycles. The summed E-state index contributed by atoms with van der Waals surface area (Å²) in [5, 5.41) is 30.7. The van der Waals surface area contributed by atoms with E-state index in [2.05, 4.69) is 27.8 Å². The Morgan fingerprint density at radius 2 is 1.54 bits per heavy atom. The standard InChI is InChI=1S/C27H24N4O4/c32-26(33)21-3-1-2-20(12-21)25-16-31(30-29-25)24-14-22(13-23(15-24)27(34)35)18-6-4-17(5-7-18)19-8-10-28-11-9-19/h1-7,12-16,19,28H,8-11H2,(H,32,33)(H,34,35). The topological polar surface area (TPSA) is 117 Å². The largest absolute Gasteiger partial charge is 0.478 e. The van der Waals surface area contributed by atoms with Gasteiger partial charge in [0.05, 0.1) is 23.0 Å². The lowest BCUT2D eigenvalue weighted by atomic mass is 9.89. The number of rotatable bonds is 6. The van der Waals surface area contributed by atoms with Gasteiger partial charge in [-0.15, -0.1) is 5.10 Å². The van der Waals surface area contributed by atoms with Crippen molar-refractivity contribution in [1.82, 2.24) is 20.3 Å². The summed E-state index contributed by atoms with van der Waals surface area (Å²) < 4.78 is 1.50. The van der Waals surface area contributed by atoms with E-state index in [0.717, 1.165) is 37.1 Å². The lowest BCUT2D eigenvalue weighted by Crippen LogP contribution is -2.26. The average Bonchev–Trinajstić information content (AvgIpc) is 3.40. The van der Waals surface area contributed by atoms with E-state index in [1.807, 2.05) is 18.2 Å². The molecule has 0 amide bonds. The summed E-state index contributed by atoms with van der Waals surface area (Å²) in [6.07, 6.45) is 3.88. The molecule has 0 radical (unpaired) electrons. The van der Waals surface area contributed by atoms with E-state index in [4.69, 9.17) is 0 Å². The number of aromatic carboxylic acids is 2. The second-order valence-electron chi connectivity index (χ2n) is 8.65. The third-order valence-corrected chi connectivity index (χ3v) is 6.38. The fourth-order valence-corrected chi connectivity index (χ4v) is 4.47. The van der Waals surface area contributed by atoms with Crippen molar-refractivity contribution in [3.63, 3.8) is 0 Å². The monoisotopic (exact) mass is 468 g/mol. The van der Waals surface area contributed by atoms with Crippen LogP contribution in [0.4, 0.5) is 0 Å². The maximum Gasteiger partial charge on any atom is 0.335 e. The fourth-order valence-electron chi connectivity index (χ4n) is 4.47. The van der Waals surface area contributed by atoms with Crippen LogP contribution >= 0.6 is 0 Å². The molecule has 1 saturated heterocycles. The van der Waals surface area contributed by atoms with Crippen LogP contribution in [0.1, 0.15) is 45.0 Å². The summed E-state index contributed by atoms with van der Waals surface area (Å²) >= 11 is 0. The molecule has 176 valence electrons. The summed E-state index contributed by atoms with van der Waals surface area (Å²) in [5.41, 5.74) is 4.93. The SMILES string of the molecule is O=C(O)c1cccc(-c2cn(-c3cc(C(=O)O)cc(-c4ccc(C5CCNCC5)cc4)c3)nn2)c1. The summed E-state index contributed by atoms with van der Waals surface area (Å²) in [4.78, 5) is 23.1. The second kappa shape index (κ2) is 9.52. The van der Waals surface area contributed by atoms with Crippen molar-refractivity contribution in [2.75, 3.05) is 13.1 Å². The van der Waals surface area contributed by atoms with Crippen LogP contribution in [-0.2, 0) is 0 Å². The molecule has 8 nitrogen and oxygen atoms in total. The maximum atomic E-state index is 11.8. The van der Waals surface area contributed by atoms with E-state index < -0.39 is 11.9 Å². The third kappa shape index (κ3) is 4.83. The van der Waals surface area contributed by atoms with Crippen molar-refractivity contribution < 1.29 is 19.8 Å². The Labute approximate surface area is 201 Å². The van der Waals surface area contributed by atoms with Crippen LogP contribution < -0.4 is 5.32 Å². The first-order valence-electron chi connectivity index (χ1n) is 11.4. The Morgan fingerprint density at radius 3 is 2.26 bits per heavy atom. The first-order chi connectivity index (χ1) is 17.0. The van der Waals surface area contributed by atoms with E-state index in [1.165, 1.54) is 22.4 Å². The van der Waals surface area contributed by atoms with Crippen LogP contribution in [-0.4, -0.2) is 50.2 Å². The molecule has 5 rings (SSSR count). The lowest BCUT2D eigenvalue weighted by molar-refractivity contribution is 0.0686. The molecule has 1 fully saturated rings. The minimum atomic E-state index is -1.03. The first kappa shape index (κ1) is 22.5. The quantitative estimate of drug-likeness (QED) is 0.382. The smallest absolute Gasteiger partial charge is 0.335 e. The molecule has 0 bridgehead atoms. The number of carboxylic acid groups (broad SMARTS) is 2. The van der Waals surface area contributed by atoms with Crippen LogP contribution in [0.3, 0.4) is 0 Å². The number of hydrogen-bond acceptors (Lipinski definition) is 5. The van der Waals surface area contributed by atoms with Crippen molar-refractivity contribution >= 4 is 11.9 Å². The van der Waals surface area contributed by atoms with Crippen LogP contribution in [0.25, 0.3) is 28.1 Å². The summed E-state index contributed by atoms with van der Waals surface area (Å²) in [6.45, 7) is 2.05. The van der Waals surface area contributed by atoms with Crippen LogP contribution in [0.2, 0.25) is 0 Å². The van der Waals surface area contributed by atoms with E-state index in [0.29, 0.717) is 22.9 Å². The van der Waals surface area contributed by atoms with Gasteiger partial charge in [0.15, 0.2) is 0 Å². The zero-order valence-corrected chi connectivity index (χ0v) is 18.9. The van der Waals surface area contributed by atoms with Crippen LogP contribution in [0.5, 0.6) is 0 Å². The van der Waals surface area contributed by atoms with Gasteiger partial charge >= 0.3 is 11.9 Å². The molecule has 0 atom stereocenters. The highest BCUT2D eigenvalue weighted by molar-refractivity contribution is 5.91. The number of nitrogens with one attached hydrogen (secondary N) is 1. The minimum Gasteiger partial charge on any atom is -0.478 e. The minimum absolute atomic E-state index is 0.143. The lowest BCUT2D eigenvalue weighted by Gasteiger charge is -2.23. The van der Waals surface area contributed by atoms with Gasteiger partial charge in [-0.2, -0.15) is 0 Å². The van der Waals surface area contributed by atoms with Crippen LogP contribution in [0.15, 0.2) is 72.9 Å². The van der Waals surface area contributed by atoms with Gasteiger partial charge in [0.25, 0.3) is 0 Å². The predicted octanol–water partition coefficient (Wildman–Crippen LogP) is 4.46. The van der Waals surface area contributed by atoms with Gasteiger partial charge in [0, 0.05) is 5.56 Å². The van der Waals surface area contributed by atoms with Crippen molar-refractivity contribution in [2.24, 2.45) is 0 Å². The second-order valence-corrected chi connectivity index (χ2v) is 8.65. The summed E-state index contributed by atoms with van der Waals surface area (Å²) in [7, 11) is 0. The van der Waals surface area contributed by atoms with E-state index in [1.54, 1.807) is 30.5 Å². The average molecular weight is 469 g/mol. The molecule has 0 spiro atoms. The number of carboxylic acids is 2. The summed E-state index contributed by atoms with van der Waals surface area (Å²) in [6, 6.07) is 19.8. The Hall–Kier alpha value is -4.30. The van der Waals surface area contributed by atoms with E-state index in [-0.39, 0.29) is 11.1 Å². The van der Waals surface area contributed by atoms with E-state index >= 15 is 0 Å². The number of aromatic nitrogens is 3. The normalized spacial score (nSPS) is 14.1. The highest BCUT2D eigenvalue weighted by Crippen LogP contribution is 2.30. The van der Waals surface area contributed by atoms with Gasteiger partial charge in [0.1, 0.15) is 5.69 Å². The Bertz CT molecular complexity index is 1390. The van der Waals surface area contributed by atoms with Crippen LogP contribution in [0, 0.1) is 0 Å². The molecule has 0 unspecified atom stereocenters. The molecule has 1 aliphatic heterocycles. The molecule has 3 N–H and O–H groups in total. The van der Waals surface area contributed by atoms with Gasteiger partial charge < -0.3 is 15.5 Å². The Kier molecular flexibility index (Phi) is 6.12. The molecule has 3 aromatic carbocycles. The van der Waals surface area contributed by atoms with Gasteiger partial charge in [-0.25, -0.2) is 14.3 Å². The van der Waals surface area contributed by atoms with Gasteiger partial charge in [-0.1, -0.05) is 41.6 Å². The molecule has 1 aliphatic rings. The third-order valence-electron chi connectivity index (χ3n) is 6.38. The number of hydrogen-bond donors (Lipinski definition) is 3. The summed E-state index contributed by atoms with van der Waals surface area (Å²) in [5.74, 6) is -1.52. The molecule has 0 saturated carbocycles. The molecule has 0 aliphatic carbocycles. The Morgan fingerprint density at radius 1 is 0.829 bits per heavy atom. The molecule has 35 heavy (non-hydrogen) atoms. The number of benzene rings is 3. The number of nitrogens with zero attached hydrogens (tertiary/aromatic N) is 3. The number of piperidine rings is 1. The van der Waals surface area contributed by atoms with Crippen molar-refractivity contribution in [1.29, 1.82) is 0 Å². The van der Waals surface area contributed by atoms with Gasteiger partial charge in [0.2, 0.25) is 0 Å². The molecular weight excluding hydrogens is 444 g/mol. The highest BCUT2D eigenvalue weighted by atomic mass is 16.4. The molecule has 2 heterocycles. The fraction of sp³-hybridized carbons (Fsp3) is 0.185. The highest BCUT2D eigenvalue weighted by Gasteiger charge is 2.16. The zero-order chi connectivity index (χ0) is 24.4. The number of carbonyl (C=O) groups is 2. The molecule has 8 heteroatoms. The van der Waals surface area contributed by atoms with E-state index in [9.17, 15) is 19.8 Å². The maximum absolute atomic E-state index is 11.8. The van der Waals surface area contributed by atoms with Gasteiger partial charge in [-0.3, -0.25) is 0 Å². The predicted molar refractivity (Wildman–Crippen MR) is 131 cm³/mol. The zero-order valence-electron chi connectivity index (χ0n) is 18.9.